The van der Waals surface area contributed by atoms with Crippen LogP contribution in [0, 0.1) is 35.0 Å². The van der Waals surface area contributed by atoms with Crippen molar-refractivity contribution in [1.29, 1.82) is 0 Å². The van der Waals surface area contributed by atoms with Gasteiger partial charge >= 0.3 is 5.97 Å². The zero-order valence-electron chi connectivity index (χ0n) is 19.9. The van der Waals surface area contributed by atoms with Crippen molar-refractivity contribution in [2.75, 3.05) is 6.61 Å². The molecule has 30 heavy (non-hydrogen) atoms. The van der Waals surface area contributed by atoms with Crippen molar-refractivity contribution in [3.05, 3.63) is 0 Å². The molecule has 3 heteroatoms. The van der Waals surface area contributed by atoms with E-state index in [0.29, 0.717) is 31.3 Å². The van der Waals surface area contributed by atoms with Crippen LogP contribution >= 0.6 is 0 Å². The topological polar surface area (TPSA) is 43.4 Å². The predicted octanol–water partition coefficient (Wildman–Crippen LogP) is 7.12. The van der Waals surface area contributed by atoms with Crippen LogP contribution in [0.1, 0.15) is 117 Å². The van der Waals surface area contributed by atoms with Crippen LogP contribution < -0.4 is 0 Å². The fourth-order valence-corrected chi connectivity index (χ4v) is 6.71. The van der Waals surface area contributed by atoms with Crippen molar-refractivity contribution >= 4 is 11.8 Å². The number of rotatable bonds is 8. The second-order valence-corrected chi connectivity index (χ2v) is 11.0. The predicted molar refractivity (Wildman–Crippen MR) is 122 cm³/mol. The van der Waals surface area contributed by atoms with E-state index in [1.807, 2.05) is 6.92 Å². The summed E-state index contributed by atoms with van der Waals surface area (Å²) in [6, 6.07) is 0. The lowest BCUT2D eigenvalue weighted by Crippen LogP contribution is -2.44. The minimum Gasteiger partial charge on any atom is -0.465 e. The molecule has 3 rings (SSSR count). The minimum atomic E-state index is -0.890. The normalized spacial score (nSPS) is 37.7. The standard InChI is InChI=1S/C27H46O3/c1-4-6-18-30-26(29)27(3)17-16-24(19-25(27)28)23-14-12-22(13-15-23)21-10-8-20(7-5-2)9-11-21/h20-24H,4-19H2,1-3H3/t20?,21?,22?,23?,24?,27-/m0/s1. The highest BCUT2D eigenvalue weighted by molar-refractivity contribution is 6.04. The second kappa shape index (κ2) is 11.1. The summed E-state index contributed by atoms with van der Waals surface area (Å²) < 4.78 is 5.42. The van der Waals surface area contributed by atoms with Gasteiger partial charge in [0.2, 0.25) is 0 Å². The fourth-order valence-electron chi connectivity index (χ4n) is 6.71. The monoisotopic (exact) mass is 418 g/mol. The molecule has 0 bridgehead atoms. The first-order chi connectivity index (χ1) is 14.5. The highest BCUT2D eigenvalue weighted by atomic mass is 16.5. The van der Waals surface area contributed by atoms with Gasteiger partial charge in [-0.1, -0.05) is 46.0 Å². The number of carbonyl (C=O) groups is 2. The molecule has 0 saturated heterocycles. The van der Waals surface area contributed by atoms with Gasteiger partial charge in [-0.3, -0.25) is 9.59 Å². The summed E-state index contributed by atoms with van der Waals surface area (Å²) in [6.07, 6.45) is 18.1. The minimum absolute atomic E-state index is 0.136. The Morgan fingerprint density at radius 3 is 1.97 bits per heavy atom. The van der Waals surface area contributed by atoms with Gasteiger partial charge in [-0.2, -0.15) is 0 Å². The van der Waals surface area contributed by atoms with E-state index in [4.69, 9.17) is 4.74 Å². The van der Waals surface area contributed by atoms with Gasteiger partial charge in [0.25, 0.3) is 0 Å². The maximum atomic E-state index is 12.9. The third kappa shape index (κ3) is 5.68. The number of ketones is 1. The molecule has 3 aliphatic rings. The summed E-state index contributed by atoms with van der Waals surface area (Å²) in [4.78, 5) is 25.5. The molecule has 0 aromatic heterocycles. The molecule has 3 aliphatic carbocycles. The first-order valence-electron chi connectivity index (χ1n) is 13.2. The Kier molecular flexibility index (Phi) is 8.83. The van der Waals surface area contributed by atoms with E-state index in [1.165, 1.54) is 64.2 Å². The lowest BCUT2D eigenvalue weighted by atomic mass is 9.62. The quantitative estimate of drug-likeness (QED) is 0.239. The second-order valence-electron chi connectivity index (χ2n) is 11.0. The number of carbonyl (C=O) groups excluding carboxylic acids is 2. The Morgan fingerprint density at radius 2 is 1.43 bits per heavy atom. The number of hydrogen-bond donors (Lipinski definition) is 0. The number of Topliss-reactive ketones (excluding diaryl/α,β-unsaturated/α-hetero) is 1. The zero-order chi connectivity index (χ0) is 21.6. The lowest BCUT2D eigenvalue weighted by molar-refractivity contribution is -0.162. The van der Waals surface area contributed by atoms with Crippen LogP contribution in [0.4, 0.5) is 0 Å². The van der Waals surface area contributed by atoms with E-state index in [0.717, 1.165) is 37.0 Å². The van der Waals surface area contributed by atoms with Gasteiger partial charge < -0.3 is 4.74 Å². The summed E-state index contributed by atoms with van der Waals surface area (Å²) in [5, 5.41) is 0. The maximum Gasteiger partial charge on any atom is 0.319 e. The Hall–Kier alpha value is -0.860. The van der Waals surface area contributed by atoms with Crippen LogP contribution in [0.2, 0.25) is 0 Å². The van der Waals surface area contributed by atoms with Crippen molar-refractivity contribution in [3.8, 4) is 0 Å². The van der Waals surface area contributed by atoms with Gasteiger partial charge in [0.05, 0.1) is 6.61 Å². The molecule has 3 nitrogen and oxygen atoms in total. The smallest absolute Gasteiger partial charge is 0.319 e. The molecule has 3 saturated carbocycles. The highest BCUT2D eigenvalue weighted by Gasteiger charge is 2.47. The Bertz CT molecular complexity index is 554. The molecule has 0 heterocycles. The Balaban J connectivity index is 1.43. The lowest BCUT2D eigenvalue weighted by Gasteiger charge is -2.42. The van der Waals surface area contributed by atoms with E-state index >= 15 is 0 Å². The Morgan fingerprint density at radius 1 is 0.867 bits per heavy atom. The van der Waals surface area contributed by atoms with Crippen LogP contribution in [0.25, 0.3) is 0 Å². The van der Waals surface area contributed by atoms with Gasteiger partial charge in [-0.05, 0) is 94.3 Å². The number of hydrogen-bond acceptors (Lipinski definition) is 3. The number of ether oxygens (including phenoxy) is 1. The van der Waals surface area contributed by atoms with Crippen LogP contribution in [-0.4, -0.2) is 18.4 Å². The van der Waals surface area contributed by atoms with Gasteiger partial charge in [-0.25, -0.2) is 0 Å². The largest absolute Gasteiger partial charge is 0.465 e. The van der Waals surface area contributed by atoms with Crippen LogP contribution in [-0.2, 0) is 14.3 Å². The zero-order valence-corrected chi connectivity index (χ0v) is 19.9. The molecule has 0 aliphatic heterocycles. The summed E-state index contributed by atoms with van der Waals surface area (Å²) in [5.41, 5.74) is -0.890. The fraction of sp³-hybridized carbons (Fsp3) is 0.926. The van der Waals surface area contributed by atoms with Crippen LogP contribution in [0.3, 0.4) is 0 Å². The maximum absolute atomic E-state index is 12.9. The van der Waals surface area contributed by atoms with E-state index in [-0.39, 0.29) is 11.8 Å². The van der Waals surface area contributed by atoms with E-state index in [9.17, 15) is 9.59 Å². The number of esters is 1. The molecule has 3 fully saturated rings. The van der Waals surface area contributed by atoms with Crippen molar-refractivity contribution < 1.29 is 14.3 Å². The molecule has 0 aromatic rings. The molecule has 0 aromatic carbocycles. The van der Waals surface area contributed by atoms with Crippen molar-refractivity contribution in [2.45, 2.75) is 117 Å². The molecule has 0 radical (unpaired) electrons. The van der Waals surface area contributed by atoms with E-state index in [1.54, 1.807) is 0 Å². The summed E-state index contributed by atoms with van der Waals surface area (Å²) >= 11 is 0. The summed E-state index contributed by atoms with van der Waals surface area (Å²) in [7, 11) is 0. The summed E-state index contributed by atoms with van der Waals surface area (Å²) in [5.74, 6) is 3.95. The highest BCUT2D eigenvalue weighted by Crippen LogP contribution is 2.47. The van der Waals surface area contributed by atoms with Gasteiger partial charge in [0.15, 0.2) is 0 Å². The van der Waals surface area contributed by atoms with Gasteiger partial charge in [-0.15, -0.1) is 0 Å². The molecule has 2 atom stereocenters. The number of unbranched alkanes of at least 4 members (excludes halogenated alkanes) is 1. The molecular formula is C27H46O3. The molecule has 1 unspecified atom stereocenters. The van der Waals surface area contributed by atoms with Crippen LogP contribution in [0.15, 0.2) is 0 Å². The average Bonchev–Trinajstić information content (AvgIpc) is 2.77. The first-order valence-corrected chi connectivity index (χ1v) is 13.2. The molecule has 0 amide bonds. The van der Waals surface area contributed by atoms with Crippen LogP contribution in [0.5, 0.6) is 0 Å². The Labute approximate surface area is 185 Å². The van der Waals surface area contributed by atoms with Gasteiger partial charge in [0, 0.05) is 6.42 Å². The third-order valence-electron chi connectivity index (χ3n) is 9.00. The van der Waals surface area contributed by atoms with E-state index in [2.05, 4.69) is 13.8 Å². The molecular weight excluding hydrogens is 372 g/mol. The van der Waals surface area contributed by atoms with Crippen molar-refractivity contribution in [2.24, 2.45) is 35.0 Å². The SMILES string of the molecule is CCCCOC(=O)[C@@]1(C)CCC(C2CCC(C3CCC(CCC)CC3)CC2)CC1=O. The molecule has 172 valence electrons. The van der Waals surface area contributed by atoms with Crippen molar-refractivity contribution in [3.63, 3.8) is 0 Å². The van der Waals surface area contributed by atoms with E-state index < -0.39 is 5.41 Å². The third-order valence-corrected chi connectivity index (χ3v) is 9.00. The van der Waals surface area contributed by atoms with Gasteiger partial charge in [0.1, 0.15) is 11.2 Å². The van der Waals surface area contributed by atoms with Crippen molar-refractivity contribution in [1.82, 2.24) is 0 Å². The first kappa shape index (κ1) is 23.8. The summed E-state index contributed by atoms with van der Waals surface area (Å²) in [6.45, 7) is 6.68. The molecule has 0 spiro atoms. The molecule has 0 N–H and O–H groups in total. The average molecular weight is 419 g/mol.